The van der Waals surface area contributed by atoms with Gasteiger partial charge in [0, 0.05) is 17.2 Å². The molecule has 3 nitrogen and oxygen atoms in total. The molecule has 4 heteroatoms. The highest BCUT2D eigenvalue weighted by atomic mass is 79.9. The van der Waals surface area contributed by atoms with Crippen molar-refractivity contribution < 1.29 is 4.79 Å². The van der Waals surface area contributed by atoms with Gasteiger partial charge in [-0.25, -0.2) is 0 Å². The molecule has 0 aliphatic rings. The predicted octanol–water partition coefficient (Wildman–Crippen LogP) is 4.17. The number of halogens is 1. The van der Waals surface area contributed by atoms with Crippen LogP contribution in [0.2, 0.25) is 0 Å². The number of aryl methyl sites for hydroxylation is 1. The van der Waals surface area contributed by atoms with Crippen molar-refractivity contribution in [2.24, 2.45) is 0 Å². The van der Waals surface area contributed by atoms with Crippen LogP contribution in [-0.4, -0.2) is 17.9 Å². The third-order valence-corrected chi connectivity index (χ3v) is 4.34. The second-order valence-electron chi connectivity index (χ2n) is 5.25. The van der Waals surface area contributed by atoms with Crippen molar-refractivity contribution in [1.82, 2.24) is 4.90 Å². The van der Waals surface area contributed by atoms with E-state index in [1.807, 2.05) is 63.4 Å². The number of anilines is 1. The summed E-state index contributed by atoms with van der Waals surface area (Å²) in [5.74, 6) is -0.0134. The highest BCUT2D eigenvalue weighted by molar-refractivity contribution is 9.10. The average molecular weight is 347 g/mol. The lowest BCUT2D eigenvalue weighted by Crippen LogP contribution is -2.30. The van der Waals surface area contributed by atoms with E-state index in [2.05, 4.69) is 15.9 Å². The molecule has 2 aromatic carbocycles. The number of hydrogen-bond acceptors (Lipinski definition) is 2. The lowest BCUT2D eigenvalue weighted by atomic mass is 10.0. The van der Waals surface area contributed by atoms with E-state index in [0.717, 1.165) is 15.6 Å². The van der Waals surface area contributed by atoms with Crippen molar-refractivity contribution in [2.75, 3.05) is 12.8 Å². The van der Waals surface area contributed by atoms with Crippen LogP contribution >= 0.6 is 15.9 Å². The standard InChI is InChI=1S/C17H19BrN2O/c1-11-7-8-16(18)15(9-11)17(21)20(3)12(2)13-5-4-6-14(19)10-13/h4-10,12H,19H2,1-3H3. The molecule has 0 aromatic heterocycles. The molecular weight excluding hydrogens is 328 g/mol. The number of nitrogen functional groups attached to an aromatic ring is 1. The Labute approximate surface area is 133 Å². The maximum Gasteiger partial charge on any atom is 0.255 e. The van der Waals surface area contributed by atoms with E-state index in [1.54, 1.807) is 4.90 Å². The first-order valence-corrected chi connectivity index (χ1v) is 7.58. The summed E-state index contributed by atoms with van der Waals surface area (Å²) < 4.78 is 0.810. The zero-order valence-electron chi connectivity index (χ0n) is 12.4. The quantitative estimate of drug-likeness (QED) is 0.847. The van der Waals surface area contributed by atoms with Gasteiger partial charge in [0.1, 0.15) is 0 Å². The molecule has 1 amide bonds. The Kier molecular flexibility index (Phi) is 4.68. The highest BCUT2D eigenvalue weighted by Gasteiger charge is 2.20. The maximum absolute atomic E-state index is 12.7. The summed E-state index contributed by atoms with van der Waals surface area (Å²) in [5.41, 5.74) is 9.28. The first-order valence-electron chi connectivity index (χ1n) is 6.79. The number of rotatable bonds is 3. The summed E-state index contributed by atoms with van der Waals surface area (Å²) in [6.45, 7) is 3.97. The molecule has 0 aliphatic heterocycles. The summed E-state index contributed by atoms with van der Waals surface area (Å²) in [6.07, 6.45) is 0. The fourth-order valence-corrected chi connectivity index (χ4v) is 2.63. The molecule has 0 radical (unpaired) electrons. The highest BCUT2D eigenvalue weighted by Crippen LogP contribution is 2.25. The van der Waals surface area contributed by atoms with Gasteiger partial charge < -0.3 is 10.6 Å². The second kappa shape index (κ2) is 6.31. The molecule has 0 spiro atoms. The Morgan fingerprint density at radius 3 is 2.62 bits per heavy atom. The Morgan fingerprint density at radius 1 is 1.24 bits per heavy atom. The van der Waals surface area contributed by atoms with Crippen LogP contribution < -0.4 is 5.73 Å². The Bertz CT molecular complexity index is 670. The monoisotopic (exact) mass is 346 g/mol. The van der Waals surface area contributed by atoms with E-state index >= 15 is 0 Å². The van der Waals surface area contributed by atoms with E-state index < -0.39 is 0 Å². The van der Waals surface area contributed by atoms with Gasteiger partial charge in [-0.05, 0) is 59.6 Å². The topological polar surface area (TPSA) is 46.3 Å². The molecule has 2 aromatic rings. The molecule has 1 atom stereocenters. The summed E-state index contributed by atoms with van der Waals surface area (Å²) >= 11 is 3.45. The summed E-state index contributed by atoms with van der Waals surface area (Å²) in [6, 6.07) is 13.4. The molecule has 0 fully saturated rings. The minimum Gasteiger partial charge on any atom is -0.399 e. The van der Waals surface area contributed by atoms with Gasteiger partial charge in [0.05, 0.1) is 11.6 Å². The summed E-state index contributed by atoms with van der Waals surface area (Å²) in [4.78, 5) is 14.4. The summed E-state index contributed by atoms with van der Waals surface area (Å²) in [5, 5.41) is 0. The van der Waals surface area contributed by atoms with Gasteiger partial charge >= 0.3 is 0 Å². The van der Waals surface area contributed by atoms with Crippen molar-refractivity contribution in [1.29, 1.82) is 0 Å². The summed E-state index contributed by atoms with van der Waals surface area (Å²) in [7, 11) is 1.81. The Balaban J connectivity index is 2.28. The van der Waals surface area contributed by atoms with Gasteiger partial charge in [-0.2, -0.15) is 0 Å². The van der Waals surface area contributed by atoms with Crippen molar-refractivity contribution in [3.8, 4) is 0 Å². The van der Waals surface area contributed by atoms with E-state index in [1.165, 1.54) is 0 Å². The molecular formula is C17H19BrN2O. The van der Waals surface area contributed by atoms with Crippen molar-refractivity contribution in [2.45, 2.75) is 19.9 Å². The van der Waals surface area contributed by atoms with Gasteiger partial charge in [-0.15, -0.1) is 0 Å². The zero-order chi connectivity index (χ0) is 15.6. The molecule has 1 unspecified atom stereocenters. The van der Waals surface area contributed by atoms with Gasteiger partial charge in [0.15, 0.2) is 0 Å². The fourth-order valence-electron chi connectivity index (χ4n) is 2.21. The van der Waals surface area contributed by atoms with Gasteiger partial charge in [0.2, 0.25) is 0 Å². The normalized spacial score (nSPS) is 12.0. The van der Waals surface area contributed by atoms with Crippen LogP contribution in [0.3, 0.4) is 0 Å². The third kappa shape index (κ3) is 3.45. The molecule has 0 saturated heterocycles. The first-order chi connectivity index (χ1) is 9.90. The smallest absolute Gasteiger partial charge is 0.255 e. The van der Waals surface area contributed by atoms with Gasteiger partial charge in [0.25, 0.3) is 5.91 Å². The number of carbonyl (C=O) groups excluding carboxylic acids is 1. The van der Waals surface area contributed by atoms with Crippen molar-refractivity contribution in [3.63, 3.8) is 0 Å². The molecule has 2 rings (SSSR count). The lowest BCUT2D eigenvalue weighted by molar-refractivity contribution is 0.0741. The minimum atomic E-state index is -0.0478. The predicted molar refractivity (Wildman–Crippen MR) is 90.2 cm³/mol. The molecule has 0 aliphatic carbocycles. The van der Waals surface area contributed by atoms with Crippen LogP contribution in [-0.2, 0) is 0 Å². The molecule has 0 bridgehead atoms. The molecule has 2 N–H and O–H groups in total. The van der Waals surface area contributed by atoms with E-state index in [9.17, 15) is 4.79 Å². The van der Waals surface area contributed by atoms with E-state index in [-0.39, 0.29) is 11.9 Å². The number of nitrogens with zero attached hydrogens (tertiary/aromatic N) is 1. The van der Waals surface area contributed by atoms with Gasteiger partial charge in [-0.1, -0.05) is 23.8 Å². The van der Waals surface area contributed by atoms with E-state index in [4.69, 9.17) is 5.73 Å². The number of hydrogen-bond donors (Lipinski definition) is 1. The largest absolute Gasteiger partial charge is 0.399 e. The Morgan fingerprint density at radius 2 is 1.95 bits per heavy atom. The van der Waals surface area contributed by atoms with Crippen LogP contribution in [0.1, 0.15) is 34.5 Å². The third-order valence-electron chi connectivity index (χ3n) is 3.65. The lowest BCUT2D eigenvalue weighted by Gasteiger charge is -2.26. The fraction of sp³-hybridized carbons (Fsp3) is 0.235. The molecule has 21 heavy (non-hydrogen) atoms. The number of carbonyl (C=O) groups is 1. The van der Waals surface area contributed by atoms with E-state index in [0.29, 0.717) is 11.3 Å². The van der Waals surface area contributed by atoms with Crippen LogP contribution in [0.15, 0.2) is 46.9 Å². The van der Waals surface area contributed by atoms with Gasteiger partial charge in [-0.3, -0.25) is 4.79 Å². The average Bonchev–Trinajstić information content (AvgIpc) is 2.47. The van der Waals surface area contributed by atoms with Crippen LogP contribution in [0.5, 0.6) is 0 Å². The zero-order valence-corrected chi connectivity index (χ0v) is 14.0. The Hall–Kier alpha value is -1.81. The number of nitrogens with two attached hydrogens (primary N) is 1. The maximum atomic E-state index is 12.7. The number of benzene rings is 2. The first kappa shape index (κ1) is 15.6. The number of amides is 1. The van der Waals surface area contributed by atoms with Crippen LogP contribution in [0, 0.1) is 6.92 Å². The second-order valence-corrected chi connectivity index (χ2v) is 6.10. The molecule has 110 valence electrons. The molecule has 0 heterocycles. The van der Waals surface area contributed by atoms with Crippen molar-refractivity contribution >= 4 is 27.5 Å². The van der Waals surface area contributed by atoms with Crippen LogP contribution in [0.4, 0.5) is 5.69 Å². The van der Waals surface area contributed by atoms with Crippen LogP contribution in [0.25, 0.3) is 0 Å². The minimum absolute atomic E-state index is 0.0134. The SMILES string of the molecule is Cc1ccc(Br)c(C(=O)N(C)C(C)c2cccc(N)c2)c1. The molecule has 0 saturated carbocycles. The van der Waals surface area contributed by atoms with Crippen molar-refractivity contribution in [3.05, 3.63) is 63.6 Å².